The average molecular weight is 295 g/mol. The lowest BCUT2D eigenvalue weighted by atomic mass is 10.1. The van der Waals surface area contributed by atoms with Gasteiger partial charge in [0.25, 0.3) is 0 Å². The van der Waals surface area contributed by atoms with E-state index in [1.807, 2.05) is 12.1 Å². The molecule has 1 aromatic carbocycles. The summed E-state index contributed by atoms with van der Waals surface area (Å²) in [5.41, 5.74) is 0.633. The second-order valence-corrected chi connectivity index (χ2v) is 7.26. The summed E-state index contributed by atoms with van der Waals surface area (Å²) in [4.78, 5) is 1.03. The summed E-state index contributed by atoms with van der Waals surface area (Å²) >= 11 is 3.31. The van der Waals surface area contributed by atoms with Gasteiger partial charge in [-0.05, 0) is 24.3 Å². The summed E-state index contributed by atoms with van der Waals surface area (Å²) in [5.74, 6) is 0.697. The fourth-order valence-electron chi connectivity index (χ4n) is 2.27. The van der Waals surface area contributed by atoms with Gasteiger partial charge >= 0.3 is 0 Å². The number of aliphatic hydroxyl groups is 2. The highest BCUT2D eigenvalue weighted by Crippen LogP contribution is 2.44. The minimum Gasteiger partial charge on any atom is -0.388 e. The molecular weight excluding hydrogens is 282 g/mol. The van der Waals surface area contributed by atoms with Gasteiger partial charge in [0.15, 0.2) is 0 Å². The van der Waals surface area contributed by atoms with Crippen molar-refractivity contribution in [2.24, 2.45) is 0 Å². The van der Waals surface area contributed by atoms with Crippen LogP contribution < -0.4 is 0 Å². The van der Waals surface area contributed by atoms with Crippen LogP contribution in [0.2, 0.25) is 0 Å². The molecule has 0 aliphatic carbocycles. The van der Waals surface area contributed by atoms with E-state index < -0.39 is 12.2 Å². The van der Waals surface area contributed by atoms with Crippen molar-refractivity contribution in [1.29, 1.82) is 5.26 Å². The van der Waals surface area contributed by atoms with E-state index in [1.54, 1.807) is 35.7 Å². The van der Waals surface area contributed by atoms with E-state index in [2.05, 4.69) is 6.07 Å². The zero-order valence-corrected chi connectivity index (χ0v) is 11.6. The Bertz CT molecular complexity index is 502. The van der Waals surface area contributed by atoms with E-state index in [0.29, 0.717) is 11.3 Å². The van der Waals surface area contributed by atoms with Crippen LogP contribution in [0.15, 0.2) is 29.2 Å². The number of nitrogens with zero attached hydrogens (tertiary/aromatic N) is 1. The predicted molar refractivity (Wildman–Crippen MR) is 73.9 cm³/mol. The van der Waals surface area contributed by atoms with Gasteiger partial charge in [0.05, 0.1) is 22.3 Å². The summed E-state index contributed by atoms with van der Waals surface area (Å²) in [6.45, 7) is 0. The first-order chi connectivity index (χ1) is 9.19. The second kappa shape index (κ2) is 5.35. The molecule has 2 heterocycles. The maximum atomic E-state index is 9.95. The minimum absolute atomic E-state index is 0.0661. The van der Waals surface area contributed by atoms with Crippen LogP contribution in [0.1, 0.15) is 5.56 Å². The number of benzene rings is 1. The third-order valence-corrected chi connectivity index (χ3v) is 6.19. The number of thioether (sulfide) groups is 2. The third kappa shape index (κ3) is 2.49. The van der Waals surface area contributed by atoms with E-state index in [4.69, 9.17) is 10.00 Å². The standard InChI is InChI=1S/C13H13NO3S2/c14-5-7-1-3-8(4-2-7)19-13-12-11(16)10(15)9(17-12)6-18-13/h1-4,9-13,15-16H,6H2/t9-,10-,11+,12-,13?/m1/s1. The van der Waals surface area contributed by atoms with Gasteiger partial charge < -0.3 is 14.9 Å². The van der Waals surface area contributed by atoms with Crippen LogP contribution in [-0.2, 0) is 4.74 Å². The van der Waals surface area contributed by atoms with Crippen LogP contribution >= 0.6 is 23.5 Å². The van der Waals surface area contributed by atoms with Crippen molar-refractivity contribution in [2.45, 2.75) is 33.9 Å². The molecule has 2 aliphatic heterocycles. The Labute approximate surface area is 119 Å². The Balaban J connectivity index is 1.71. The first-order valence-corrected chi connectivity index (χ1v) is 7.92. The molecule has 0 amide bonds. The molecule has 0 aromatic heterocycles. The smallest absolute Gasteiger partial charge is 0.111 e. The highest BCUT2D eigenvalue weighted by Gasteiger charge is 2.50. The molecule has 100 valence electrons. The molecule has 5 atom stereocenters. The van der Waals surface area contributed by atoms with Crippen LogP contribution in [0, 0.1) is 11.3 Å². The van der Waals surface area contributed by atoms with Crippen LogP contribution in [0.4, 0.5) is 0 Å². The van der Waals surface area contributed by atoms with Gasteiger partial charge in [-0.15, -0.1) is 23.5 Å². The quantitative estimate of drug-likeness (QED) is 0.854. The molecule has 2 N–H and O–H groups in total. The van der Waals surface area contributed by atoms with Gasteiger partial charge in [0, 0.05) is 10.6 Å². The Kier molecular flexibility index (Phi) is 3.74. The highest BCUT2D eigenvalue weighted by molar-refractivity contribution is 8.17. The zero-order chi connectivity index (χ0) is 13.4. The summed E-state index contributed by atoms with van der Waals surface area (Å²) < 4.78 is 5.72. The monoisotopic (exact) mass is 295 g/mol. The van der Waals surface area contributed by atoms with Gasteiger partial charge in [-0.3, -0.25) is 0 Å². The molecule has 6 heteroatoms. The molecule has 0 radical (unpaired) electrons. The van der Waals surface area contributed by atoms with Crippen LogP contribution in [-0.4, -0.2) is 45.0 Å². The van der Waals surface area contributed by atoms with Crippen molar-refractivity contribution in [3.63, 3.8) is 0 Å². The van der Waals surface area contributed by atoms with Crippen molar-refractivity contribution in [3.05, 3.63) is 29.8 Å². The molecule has 1 unspecified atom stereocenters. The van der Waals surface area contributed by atoms with Crippen LogP contribution in [0.3, 0.4) is 0 Å². The fraction of sp³-hybridized carbons (Fsp3) is 0.462. The Morgan fingerprint density at radius 1 is 1.26 bits per heavy atom. The van der Waals surface area contributed by atoms with E-state index in [0.717, 1.165) is 4.90 Å². The maximum absolute atomic E-state index is 9.95. The van der Waals surface area contributed by atoms with Gasteiger partial charge in [-0.25, -0.2) is 0 Å². The van der Waals surface area contributed by atoms with Crippen molar-refractivity contribution in [1.82, 2.24) is 0 Å². The molecule has 0 spiro atoms. The predicted octanol–water partition coefficient (Wildman–Crippen LogP) is 1.21. The molecule has 19 heavy (non-hydrogen) atoms. The molecule has 2 saturated heterocycles. The minimum atomic E-state index is -0.809. The summed E-state index contributed by atoms with van der Waals surface area (Å²) in [6, 6.07) is 9.43. The zero-order valence-electron chi connectivity index (χ0n) is 9.97. The largest absolute Gasteiger partial charge is 0.388 e. The summed E-state index contributed by atoms with van der Waals surface area (Å²) in [7, 11) is 0. The highest BCUT2D eigenvalue weighted by atomic mass is 32.2. The number of ether oxygens (including phenoxy) is 1. The van der Waals surface area contributed by atoms with E-state index in [9.17, 15) is 10.2 Å². The maximum Gasteiger partial charge on any atom is 0.111 e. The molecule has 2 bridgehead atoms. The number of fused-ring (bicyclic) bond motifs is 2. The number of rotatable bonds is 2. The Morgan fingerprint density at radius 3 is 2.68 bits per heavy atom. The summed E-state index contributed by atoms with van der Waals surface area (Å²) in [6.07, 6.45) is -2.16. The Morgan fingerprint density at radius 2 is 2.00 bits per heavy atom. The first-order valence-electron chi connectivity index (χ1n) is 5.99. The van der Waals surface area contributed by atoms with Crippen molar-refractivity contribution >= 4 is 23.5 Å². The molecule has 2 aliphatic rings. The topological polar surface area (TPSA) is 73.5 Å². The fourth-order valence-corrected chi connectivity index (χ4v) is 5.10. The Hall–Kier alpha value is -0.710. The van der Waals surface area contributed by atoms with Gasteiger partial charge in [0.2, 0.25) is 0 Å². The SMILES string of the molecule is N#Cc1ccc(SC2SC[C@H]3O[C@@H]2[C@@H](O)[C@@H]3O)cc1. The average Bonchev–Trinajstić information content (AvgIpc) is 2.68. The molecule has 1 aromatic rings. The first kappa shape index (κ1) is 13.3. The number of hydrogen-bond donors (Lipinski definition) is 2. The van der Waals surface area contributed by atoms with Gasteiger partial charge in [-0.2, -0.15) is 5.26 Å². The molecular formula is C13H13NO3S2. The van der Waals surface area contributed by atoms with Gasteiger partial charge in [-0.1, -0.05) is 0 Å². The van der Waals surface area contributed by atoms with Crippen molar-refractivity contribution in [3.8, 4) is 6.07 Å². The third-order valence-electron chi connectivity index (χ3n) is 3.33. The van der Waals surface area contributed by atoms with Crippen LogP contribution in [0.25, 0.3) is 0 Å². The van der Waals surface area contributed by atoms with Crippen molar-refractivity contribution in [2.75, 3.05) is 5.75 Å². The van der Waals surface area contributed by atoms with Crippen molar-refractivity contribution < 1.29 is 14.9 Å². The molecule has 0 saturated carbocycles. The number of nitriles is 1. The normalized spacial score (nSPS) is 37.0. The molecule has 2 fully saturated rings. The number of hydrogen-bond acceptors (Lipinski definition) is 6. The second-order valence-electron chi connectivity index (χ2n) is 4.58. The lowest BCUT2D eigenvalue weighted by Crippen LogP contribution is -2.34. The summed E-state index contributed by atoms with van der Waals surface area (Å²) in [5, 5.41) is 28.5. The van der Waals surface area contributed by atoms with Crippen LogP contribution in [0.5, 0.6) is 0 Å². The van der Waals surface area contributed by atoms with E-state index in [-0.39, 0.29) is 16.8 Å². The van der Waals surface area contributed by atoms with E-state index in [1.165, 1.54) is 0 Å². The lowest BCUT2D eigenvalue weighted by molar-refractivity contribution is 0.0229. The molecule has 3 rings (SSSR count). The van der Waals surface area contributed by atoms with E-state index >= 15 is 0 Å². The number of aliphatic hydroxyl groups excluding tert-OH is 2. The molecule has 4 nitrogen and oxygen atoms in total. The van der Waals surface area contributed by atoms with Gasteiger partial charge in [0.1, 0.15) is 18.3 Å². The lowest BCUT2D eigenvalue weighted by Gasteiger charge is -2.28.